The molecular formula is C30H31FN2O4S. The molecule has 0 aromatic heterocycles. The third-order valence-electron chi connectivity index (χ3n) is 6.53. The van der Waals surface area contributed by atoms with Crippen molar-refractivity contribution in [3.05, 3.63) is 100 Å². The summed E-state index contributed by atoms with van der Waals surface area (Å²) in [7, 11) is -2.10. The van der Waals surface area contributed by atoms with Crippen LogP contribution in [-0.4, -0.2) is 56.8 Å². The monoisotopic (exact) mass is 534 g/mol. The molecule has 8 heteroatoms. The molecule has 0 aliphatic carbocycles. The van der Waals surface area contributed by atoms with Crippen molar-refractivity contribution in [1.29, 1.82) is 0 Å². The van der Waals surface area contributed by atoms with Crippen LogP contribution in [0.5, 0.6) is 5.75 Å². The van der Waals surface area contributed by atoms with E-state index in [1.54, 1.807) is 18.1 Å². The largest absolute Gasteiger partial charge is 0.497 e. The molecule has 1 aliphatic rings. The Kier molecular flexibility index (Phi) is 8.44. The summed E-state index contributed by atoms with van der Waals surface area (Å²) in [4.78, 5) is 14.7. The van der Waals surface area contributed by atoms with E-state index in [4.69, 9.17) is 4.74 Å². The Hall–Kier alpha value is -3.75. The van der Waals surface area contributed by atoms with Gasteiger partial charge in [0.1, 0.15) is 11.6 Å². The van der Waals surface area contributed by atoms with Gasteiger partial charge < -0.3 is 9.64 Å². The van der Waals surface area contributed by atoms with E-state index in [9.17, 15) is 17.6 Å². The number of carbonyl (C=O) groups excluding carboxylic acids is 1. The molecule has 1 aliphatic heterocycles. The zero-order chi connectivity index (χ0) is 27.3. The molecule has 0 radical (unpaired) electrons. The maximum Gasteiger partial charge on any atom is 0.246 e. The van der Waals surface area contributed by atoms with Crippen LogP contribution in [0.4, 0.5) is 4.39 Å². The van der Waals surface area contributed by atoms with Crippen molar-refractivity contribution in [1.82, 2.24) is 9.21 Å². The van der Waals surface area contributed by atoms with Crippen LogP contribution in [-0.2, 0) is 14.8 Å². The first-order chi connectivity index (χ1) is 18.2. The Bertz CT molecular complexity index is 1460. The highest BCUT2D eigenvalue weighted by Gasteiger charge is 2.29. The molecule has 0 atom stereocenters. The van der Waals surface area contributed by atoms with E-state index in [2.05, 4.69) is 12.1 Å². The van der Waals surface area contributed by atoms with Crippen molar-refractivity contribution in [2.75, 3.05) is 33.3 Å². The molecule has 3 aromatic rings. The number of methoxy groups -OCH3 is 1. The van der Waals surface area contributed by atoms with Crippen molar-refractivity contribution >= 4 is 34.2 Å². The predicted molar refractivity (Wildman–Crippen MR) is 149 cm³/mol. The number of amides is 1. The second-order valence-electron chi connectivity index (χ2n) is 9.21. The third kappa shape index (κ3) is 6.38. The van der Waals surface area contributed by atoms with Crippen LogP contribution >= 0.6 is 0 Å². The number of rotatable bonds is 7. The third-order valence-corrected chi connectivity index (χ3v) is 8.44. The lowest BCUT2D eigenvalue weighted by molar-refractivity contribution is -0.127. The first-order valence-electron chi connectivity index (χ1n) is 12.3. The fraction of sp³-hybridized carbons (Fsp3) is 0.233. The molecule has 3 aromatic carbocycles. The van der Waals surface area contributed by atoms with Crippen molar-refractivity contribution in [3.63, 3.8) is 0 Å². The van der Waals surface area contributed by atoms with Crippen LogP contribution in [0, 0.1) is 19.7 Å². The van der Waals surface area contributed by atoms with Gasteiger partial charge in [0.05, 0.1) is 12.0 Å². The van der Waals surface area contributed by atoms with Gasteiger partial charge in [-0.1, -0.05) is 42.0 Å². The molecule has 0 saturated carbocycles. The van der Waals surface area contributed by atoms with Crippen molar-refractivity contribution < 1.29 is 22.3 Å². The molecule has 0 unspecified atom stereocenters. The van der Waals surface area contributed by atoms with Gasteiger partial charge in [0.15, 0.2) is 0 Å². The maximum absolute atomic E-state index is 13.2. The molecule has 0 spiro atoms. The highest BCUT2D eigenvalue weighted by Crippen LogP contribution is 2.23. The number of nitrogens with zero attached hydrogens (tertiary/aromatic N) is 2. The zero-order valence-electron chi connectivity index (χ0n) is 21.7. The molecule has 1 amide bonds. The number of hydrogen-bond donors (Lipinski definition) is 0. The van der Waals surface area contributed by atoms with Gasteiger partial charge >= 0.3 is 0 Å². The average Bonchev–Trinajstić information content (AvgIpc) is 2.91. The summed E-state index contributed by atoms with van der Waals surface area (Å²) in [6.07, 6.45) is 7.43. The van der Waals surface area contributed by atoms with Gasteiger partial charge in [-0.05, 0) is 78.6 Å². The number of ether oxygens (including phenoxy) is 1. The average molecular weight is 535 g/mol. The van der Waals surface area contributed by atoms with Gasteiger partial charge in [0.25, 0.3) is 0 Å². The first kappa shape index (κ1) is 27.3. The summed E-state index contributed by atoms with van der Waals surface area (Å²) < 4.78 is 45.5. The highest BCUT2D eigenvalue weighted by molar-refractivity contribution is 7.89. The Morgan fingerprint density at radius 3 is 2.18 bits per heavy atom. The van der Waals surface area contributed by atoms with Crippen molar-refractivity contribution in [2.45, 2.75) is 18.7 Å². The Morgan fingerprint density at radius 1 is 0.895 bits per heavy atom. The number of hydrogen-bond acceptors (Lipinski definition) is 4. The normalized spacial score (nSPS) is 14.9. The van der Waals surface area contributed by atoms with Crippen molar-refractivity contribution in [2.24, 2.45) is 0 Å². The van der Waals surface area contributed by atoms with E-state index < -0.39 is 15.8 Å². The molecule has 0 N–H and O–H groups in total. The number of benzene rings is 3. The zero-order valence-corrected chi connectivity index (χ0v) is 22.5. The van der Waals surface area contributed by atoms with Gasteiger partial charge in [-0.2, -0.15) is 4.31 Å². The summed E-state index contributed by atoms with van der Waals surface area (Å²) in [5, 5.41) is 0. The minimum absolute atomic E-state index is 0.0450. The summed E-state index contributed by atoms with van der Waals surface area (Å²) in [5.41, 5.74) is 5.16. The molecule has 0 bridgehead atoms. The van der Waals surface area contributed by atoms with Crippen molar-refractivity contribution in [3.8, 4) is 5.75 Å². The Balaban J connectivity index is 1.45. The predicted octanol–water partition coefficient (Wildman–Crippen LogP) is 5.17. The molecule has 198 valence electrons. The number of sulfonamides is 1. The summed E-state index contributed by atoms with van der Waals surface area (Å²) in [6.45, 7) is 4.97. The van der Waals surface area contributed by atoms with Crippen LogP contribution in [0.2, 0.25) is 0 Å². The van der Waals surface area contributed by atoms with Crippen LogP contribution < -0.4 is 4.74 Å². The Morgan fingerprint density at radius 2 is 1.55 bits per heavy atom. The fourth-order valence-electron chi connectivity index (χ4n) is 4.44. The van der Waals surface area contributed by atoms with Gasteiger partial charge in [-0.3, -0.25) is 4.79 Å². The van der Waals surface area contributed by atoms with E-state index in [0.29, 0.717) is 0 Å². The maximum atomic E-state index is 13.2. The fourth-order valence-corrected chi connectivity index (χ4v) is 5.86. The standard InChI is InChI=1S/C30H31FN2O4S/c1-22-20-23(2)29(25(21-22)7-4-24-5-10-27(37-3)11-6-24)14-15-30(34)32-16-18-33(19-17-32)38(35,36)28-12-8-26(31)9-13-28/h4-15,20-21H,16-19H2,1-3H3/b7-4+,15-14+. The first-order valence-corrected chi connectivity index (χ1v) is 13.8. The molecule has 1 fully saturated rings. The number of carbonyl (C=O) groups is 1. The lowest BCUT2D eigenvalue weighted by Crippen LogP contribution is -2.50. The smallest absolute Gasteiger partial charge is 0.246 e. The topological polar surface area (TPSA) is 66.9 Å². The minimum Gasteiger partial charge on any atom is -0.497 e. The molecule has 1 heterocycles. The minimum atomic E-state index is -3.74. The SMILES string of the molecule is COc1ccc(/C=C/c2cc(C)cc(C)c2/C=C/C(=O)N2CCN(S(=O)(=O)c3ccc(F)cc3)CC2)cc1. The van der Waals surface area contributed by atoms with Gasteiger partial charge in [0.2, 0.25) is 15.9 Å². The summed E-state index contributed by atoms with van der Waals surface area (Å²) in [6, 6.07) is 16.7. The molecule has 38 heavy (non-hydrogen) atoms. The number of halogens is 1. The van der Waals surface area contributed by atoms with Crippen LogP contribution in [0.1, 0.15) is 27.8 Å². The lowest BCUT2D eigenvalue weighted by atomic mass is 9.97. The van der Waals surface area contributed by atoms with Gasteiger partial charge in [-0.25, -0.2) is 12.8 Å². The van der Waals surface area contributed by atoms with E-state index in [0.717, 1.165) is 45.7 Å². The van der Waals surface area contributed by atoms with Gasteiger partial charge in [-0.15, -0.1) is 0 Å². The number of piperazine rings is 1. The number of aryl methyl sites for hydroxylation is 2. The van der Waals surface area contributed by atoms with Crippen LogP contribution in [0.25, 0.3) is 18.2 Å². The van der Waals surface area contributed by atoms with Crippen LogP contribution in [0.3, 0.4) is 0 Å². The van der Waals surface area contributed by atoms with Crippen LogP contribution in [0.15, 0.2) is 71.6 Å². The summed E-state index contributed by atoms with van der Waals surface area (Å²) in [5.74, 6) is 0.132. The molecular weight excluding hydrogens is 503 g/mol. The Labute approximate surface area is 223 Å². The molecule has 4 rings (SSSR count). The van der Waals surface area contributed by atoms with E-state index in [1.807, 2.05) is 56.3 Å². The second kappa shape index (κ2) is 11.8. The van der Waals surface area contributed by atoms with E-state index in [-0.39, 0.29) is 37.0 Å². The summed E-state index contributed by atoms with van der Waals surface area (Å²) >= 11 is 0. The highest BCUT2D eigenvalue weighted by atomic mass is 32.2. The quantitative estimate of drug-likeness (QED) is 0.310. The second-order valence-corrected chi connectivity index (χ2v) is 11.1. The van der Waals surface area contributed by atoms with E-state index in [1.165, 1.54) is 16.4 Å². The van der Waals surface area contributed by atoms with Gasteiger partial charge in [0, 0.05) is 32.3 Å². The van der Waals surface area contributed by atoms with E-state index >= 15 is 0 Å². The molecule has 1 saturated heterocycles. The lowest BCUT2D eigenvalue weighted by Gasteiger charge is -2.33. The molecule has 6 nitrogen and oxygen atoms in total.